The molecule has 1 aliphatic rings. The van der Waals surface area contributed by atoms with Crippen LogP contribution in [0.25, 0.3) is 0 Å². The van der Waals surface area contributed by atoms with Crippen molar-refractivity contribution in [1.82, 2.24) is 9.80 Å². The summed E-state index contributed by atoms with van der Waals surface area (Å²) in [6.07, 6.45) is 0. The number of ether oxygens (including phenoxy) is 2. The van der Waals surface area contributed by atoms with E-state index in [-0.39, 0.29) is 0 Å². The zero-order valence-corrected chi connectivity index (χ0v) is 13.0. The Balaban J connectivity index is 1.91. The Kier molecular flexibility index (Phi) is 5.95. The SMILES string of the molecule is COc1ccc(CN2CCN(CCCl)CC2)cc1OC. The summed E-state index contributed by atoms with van der Waals surface area (Å²) in [5.41, 5.74) is 1.26. The van der Waals surface area contributed by atoms with Gasteiger partial charge in [-0.2, -0.15) is 0 Å². The lowest BCUT2D eigenvalue weighted by atomic mass is 10.1. The van der Waals surface area contributed by atoms with Crippen molar-refractivity contribution in [2.45, 2.75) is 6.54 Å². The summed E-state index contributed by atoms with van der Waals surface area (Å²) >= 11 is 5.78. The molecule has 2 rings (SSSR count). The lowest BCUT2D eigenvalue weighted by Crippen LogP contribution is -2.46. The fourth-order valence-corrected chi connectivity index (χ4v) is 2.77. The Morgan fingerprint density at radius 3 is 2.25 bits per heavy atom. The molecule has 5 heteroatoms. The summed E-state index contributed by atoms with van der Waals surface area (Å²) in [4.78, 5) is 4.88. The van der Waals surface area contributed by atoms with Gasteiger partial charge in [0.2, 0.25) is 0 Å². The van der Waals surface area contributed by atoms with Gasteiger partial charge in [0.15, 0.2) is 11.5 Å². The van der Waals surface area contributed by atoms with Crippen LogP contribution >= 0.6 is 11.6 Å². The Morgan fingerprint density at radius 2 is 1.65 bits per heavy atom. The van der Waals surface area contributed by atoms with Gasteiger partial charge in [0.05, 0.1) is 14.2 Å². The van der Waals surface area contributed by atoms with Crippen LogP contribution in [0.1, 0.15) is 5.56 Å². The lowest BCUT2D eigenvalue weighted by molar-refractivity contribution is 0.132. The number of nitrogens with zero attached hydrogens (tertiary/aromatic N) is 2. The fraction of sp³-hybridized carbons (Fsp3) is 0.600. The second-order valence-corrected chi connectivity index (χ2v) is 5.37. The molecule has 1 fully saturated rings. The van der Waals surface area contributed by atoms with Crippen molar-refractivity contribution in [3.63, 3.8) is 0 Å². The second kappa shape index (κ2) is 7.72. The van der Waals surface area contributed by atoms with Crippen LogP contribution < -0.4 is 9.47 Å². The van der Waals surface area contributed by atoms with Gasteiger partial charge in [-0.05, 0) is 17.7 Å². The molecular formula is C15H23ClN2O2. The monoisotopic (exact) mass is 298 g/mol. The molecule has 0 aliphatic carbocycles. The predicted molar refractivity (Wildman–Crippen MR) is 82.0 cm³/mol. The van der Waals surface area contributed by atoms with Crippen molar-refractivity contribution < 1.29 is 9.47 Å². The molecule has 0 unspecified atom stereocenters. The quantitative estimate of drug-likeness (QED) is 0.751. The maximum absolute atomic E-state index is 5.78. The molecule has 4 nitrogen and oxygen atoms in total. The van der Waals surface area contributed by atoms with Crippen LogP contribution in [-0.4, -0.2) is 62.6 Å². The average Bonchev–Trinajstić information content (AvgIpc) is 2.49. The Labute approximate surface area is 126 Å². The maximum atomic E-state index is 5.78. The van der Waals surface area contributed by atoms with Crippen molar-refractivity contribution in [1.29, 1.82) is 0 Å². The van der Waals surface area contributed by atoms with E-state index < -0.39 is 0 Å². The van der Waals surface area contributed by atoms with E-state index >= 15 is 0 Å². The third-order valence-corrected chi connectivity index (χ3v) is 3.89. The largest absolute Gasteiger partial charge is 0.493 e. The molecule has 0 radical (unpaired) electrons. The number of halogens is 1. The molecule has 0 bridgehead atoms. The van der Waals surface area contributed by atoms with E-state index in [2.05, 4.69) is 21.9 Å². The maximum Gasteiger partial charge on any atom is 0.161 e. The zero-order valence-electron chi connectivity index (χ0n) is 12.3. The molecule has 0 aromatic heterocycles. The molecule has 0 N–H and O–H groups in total. The average molecular weight is 299 g/mol. The van der Waals surface area contributed by atoms with Gasteiger partial charge in [0, 0.05) is 45.1 Å². The molecule has 0 atom stereocenters. The van der Waals surface area contributed by atoms with Crippen molar-refractivity contribution in [3.05, 3.63) is 23.8 Å². The molecule has 1 aromatic carbocycles. The van der Waals surface area contributed by atoms with Gasteiger partial charge in [-0.3, -0.25) is 9.80 Å². The van der Waals surface area contributed by atoms with Crippen molar-refractivity contribution in [3.8, 4) is 11.5 Å². The van der Waals surface area contributed by atoms with Crippen LogP contribution in [0.3, 0.4) is 0 Å². The minimum absolute atomic E-state index is 0.718. The molecule has 0 amide bonds. The molecule has 112 valence electrons. The van der Waals surface area contributed by atoms with Crippen LogP contribution in [-0.2, 0) is 6.54 Å². The highest BCUT2D eigenvalue weighted by Gasteiger charge is 2.16. The van der Waals surface area contributed by atoms with Crippen molar-refractivity contribution >= 4 is 11.6 Å². The number of piperazine rings is 1. The minimum Gasteiger partial charge on any atom is -0.493 e. The summed E-state index contributed by atoms with van der Waals surface area (Å²) in [5.74, 6) is 2.30. The van der Waals surface area contributed by atoms with E-state index in [0.717, 1.165) is 56.6 Å². The first-order valence-electron chi connectivity index (χ1n) is 6.98. The number of alkyl halides is 1. The Bertz CT molecular complexity index is 420. The number of methoxy groups -OCH3 is 2. The molecule has 20 heavy (non-hydrogen) atoms. The first kappa shape index (κ1) is 15.4. The first-order valence-corrected chi connectivity index (χ1v) is 7.52. The van der Waals surface area contributed by atoms with E-state index in [0.29, 0.717) is 0 Å². The van der Waals surface area contributed by atoms with Gasteiger partial charge >= 0.3 is 0 Å². The van der Waals surface area contributed by atoms with E-state index in [9.17, 15) is 0 Å². The number of rotatable bonds is 6. The van der Waals surface area contributed by atoms with Crippen LogP contribution in [0.5, 0.6) is 11.5 Å². The molecule has 0 spiro atoms. The van der Waals surface area contributed by atoms with E-state index in [1.807, 2.05) is 6.07 Å². The summed E-state index contributed by atoms with van der Waals surface area (Å²) in [7, 11) is 3.33. The van der Waals surface area contributed by atoms with Crippen LogP contribution in [0.4, 0.5) is 0 Å². The summed E-state index contributed by atoms with van der Waals surface area (Å²) in [5, 5.41) is 0. The highest BCUT2D eigenvalue weighted by Crippen LogP contribution is 2.28. The predicted octanol–water partition coefficient (Wildman–Crippen LogP) is 2.06. The van der Waals surface area contributed by atoms with Crippen LogP contribution in [0.2, 0.25) is 0 Å². The van der Waals surface area contributed by atoms with E-state index in [1.54, 1.807) is 14.2 Å². The van der Waals surface area contributed by atoms with E-state index in [4.69, 9.17) is 21.1 Å². The standard InChI is InChI=1S/C15H23ClN2O2/c1-19-14-4-3-13(11-15(14)20-2)12-18-9-7-17(6-5-16)8-10-18/h3-4,11H,5-10,12H2,1-2H3. The summed E-state index contributed by atoms with van der Waals surface area (Å²) in [6, 6.07) is 6.13. The molecule has 1 aliphatic heterocycles. The number of hydrogen-bond acceptors (Lipinski definition) is 4. The van der Waals surface area contributed by atoms with E-state index in [1.165, 1.54) is 5.56 Å². The molecule has 1 aromatic rings. The summed E-state index contributed by atoms with van der Waals surface area (Å²) in [6.45, 7) is 6.32. The normalized spacial score (nSPS) is 17.1. The van der Waals surface area contributed by atoms with Gasteiger partial charge in [-0.25, -0.2) is 0 Å². The van der Waals surface area contributed by atoms with Gasteiger partial charge in [0.25, 0.3) is 0 Å². The first-order chi connectivity index (χ1) is 9.76. The third kappa shape index (κ3) is 4.01. The van der Waals surface area contributed by atoms with Crippen molar-refractivity contribution in [2.24, 2.45) is 0 Å². The smallest absolute Gasteiger partial charge is 0.161 e. The zero-order chi connectivity index (χ0) is 14.4. The van der Waals surface area contributed by atoms with Crippen molar-refractivity contribution in [2.75, 3.05) is 52.8 Å². The van der Waals surface area contributed by atoms with Crippen LogP contribution in [0.15, 0.2) is 18.2 Å². The van der Waals surface area contributed by atoms with Crippen LogP contribution in [0, 0.1) is 0 Å². The Morgan fingerprint density at radius 1 is 1.00 bits per heavy atom. The fourth-order valence-electron chi connectivity index (χ4n) is 2.53. The number of benzene rings is 1. The minimum atomic E-state index is 0.718. The highest BCUT2D eigenvalue weighted by atomic mass is 35.5. The molecule has 0 saturated carbocycles. The topological polar surface area (TPSA) is 24.9 Å². The Hall–Kier alpha value is -0.970. The molecule has 1 heterocycles. The second-order valence-electron chi connectivity index (χ2n) is 5.00. The van der Waals surface area contributed by atoms with Gasteiger partial charge < -0.3 is 9.47 Å². The lowest BCUT2D eigenvalue weighted by Gasteiger charge is -2.34. The summed E-state index contributed by atoms with van der Waals surface area (Å²) < 4.78 is 10.6. The third-order valence-electron chi connectivity index (χ3n) is 3.72. The van der Waals surface area contributed by atoms with Gasteiger partial charge in [0.1, 0.15) is 0 Å². The highest BCUT2D eigenvalue weighted by molar-refractivity contribution is 6.18. The molecule has 1 saturated heterocycles. The number of hydrogen-bond donors (Lipinski definition) is 0. The molecular weight excluding hydrogens is 276 g/mol. The van der Waals surface area contributed by atoms with Gasteiger partial charge in [-0.15, -0.1) is 11.6 Å². The van der Waals surface area contributed by atoms with Gasteiger partial charge in [-0.1, -0.05) is 6.07 Å².